The molecule has 0 aromatic heterocycles. The van der Waals surface area contributed by atoms with E-state index in [1.54, 1.807) is 31.5 Å². The second-order valence-corrected chi connectivity index (χ2v) is 6.88. The Kier molecular flexibility index (Phi) is 7.97. The maximum Gasteiger partial charge on any atom is 0.262 e. The molecule has 0 fully saturated rings. The van der Waals surface area contributed by atoms with Gasteiger partial charge in [0.25, 0.3) is 5.91 Å². The largest absolute Gasteiger partial charge is 0.493 e. The standard InChI is InChI=1S/C21H26N4O3S/c1-13-8-14(2)20(15(3)9-13)24-19(26)12-28-17-7-6-16(10-18(17)27-5)11-23-25-21(29)22-4/h6-11H,12H2,1-5H3,(H,24,26)(H2,22,25,29)/b23-11-. The van der Waals surface area contributed by atoms with Crippen molar-refractivity contribution in [3.05, 3.63) is 52.6 Å². The molecule has 0 bridgehead atoms. The lowest BCUT2D eigenvalue weighted by atomic mass is 10.1. The van der Waals surface area contributed by atoms with Crippen molar-refractivity contribution in [2.45, 2.75) is 20.8 Å². The van der Waals surface area contributed by atoms with Crippen molar-refractivity contribution in [3.8, 4) is 11.5 Å². The summed E-state index contributed by atoms with van der Waals surface area (Å²) in [6.45, 7) is 5.84. The molecule has 7 nitrogen and oxygen atoms in total. The molecule has 0 radical (unpaired) electrons. The minimum Gasteiger partial charge on any atom is -0.493 e. The van der Waals surface area contributed by atoms with Crippen molar-refractivity contribution in [2.24, 2.45) is 5.10 Å². The molecule has 2 aromatic carbocycles. The molecule has 0 aliphatic rings. The van der Waals surface area contributed by atoms with Crippen LogP contribution in [0.2, 0.25) is 0 Å². The van der Waals surface area contributed by atoms with E-state index in [1.165, 1.54) is 7.11 Å². The Morgan fingerprint density at radius 1 is 1.14 bits per heavy atom. The summed E-state index contributed by atoms with van der Waals surface area (Å²) in [7, 11) is 3.24. The van der Waals surface area contributed by atoms with Gasteiger partial charge >= 0.3 is 0 Å². The molecule has 0 saturated heterocycles. The molecule has 0 atom stereocenters. The Morgan fingerprint density at radius 2 is 1.83 bits per heavy atom. The first-order valence-corrected chi connectivity index (χ1v) is 9.44. The van der Waals surface area contributed by atoms with Crippen LogP contribution in [0.3, 0.4) is 0 Å². The number of hydrogen-bond acceptors (Lipinski definition) is 5. The van der Waals surface area contributed by atoms with Crippen molar-refractivity contribution >= 4 is 35.1 Å². The highest BCUT2D eigenvalue weighted by Crippen LogP contribution is 2.28. The van der Waals surface area contributed by atoms with Crippen molar-refractivity contribution in [1.82, 2.24) is 10.7 Å². The summed E-state index contributed by atoms with van der Waals surface area (Å²) in [5, 5.41) is 10.1. The zero-order valence-corrected chi connectivity index (χ0v) is 18.1. The van der Waals surface area contributed by atoms with Crippen molar-refractivity contribution in [3.63, 3.8) is 0 Å². The number of anilines is 1. The van der Waals surface area contributed by atoms with Gasteiger partial charge in [-0.15, -0.1) is 0 Å². The lowest BCUT2D eigenvalue weighted by molar-refractivity contribution is -0.118. The summed E-state index contributed by atoms with van der Waals surface area (Å²) in [5.74, 6) is 0.731. The van der Waals surface area contributed by atoms with Crippen LogP contribution in [-0.2, 0) is 4.79 Å². The number of carbonyl (C=O) groups excluding carboxylic acids is 1. The Balaban J connectivity index is 2.01. The van der Waals surface area contributed by atoms with E-state index in [4.69, 9.17) is 21.7 Å². The fourth-order valence-corrected chi connectivity index (χ4v) is 2.85. The fourth-order valence-electron chi connectivity index (χ4n) is 2.80. The van der Waals surface area contributed by atoms with Crippen LogP contribution in [0, 0.1) is 20.8 Å². The summed E-state index contributed by atoms with van der Waals surface area (Å²) < 4.78 is 11.0. The first-order valence-electron chi connectivity index (χ1n) is 9.03. The van der Waals surface area contributed by atoms with Gasteiger partial charge in [0.05, 0.1) is 13.3 Å². The number of ether oxygens (including phenoxy) is 2. The van der Waals surface area contributed by atoms with E-state index in [2.05, 4.69) is 21.2 Å². The number of carbonyl (C=O) groups is 1. The van der Waals surface area contributed by atoms with E-state index in [0.29, 0.717) is 16.6 Å². The molecule has 154 valence electrons. The quantitative estimate of drug-likeness (QED) is 0.367. The average Bonchev–Trinajstić information content (AvgIpc) is 2.69. The van der Waals surface area contributed by atoms with E-state index >= 15 is 0 Å². The van der Waals surface area contributed by atoms with Crippen LogP contribution in [0.4, 0.5) is 5.69 Å². The molecule has 2 rings (SSSR count). The van der Waals surface area contributed by atoms with Crippen LogP contribution in [0.25, 0.3) is 0 Å². The SMILES string of the molecule is CNC(=S)N/N=C\c1ccc(OCC(=O)Nc2c(C)cc(C)cc2C)c(OC)c1. The highest BCUT2D eigenvalue weighted by atomic mass is 32.1. The van der Waals surface area contributed by atoms with Crippen LogP contribution in [0.5, 0.6) is 11.5 Å². The van der Waals surface area contributed by atoms with Crippen molar-refractivity contribution < 1.29 is 14.3 Å². The van der Waals surface area contributed by atoms with Gasteiger partial charge in [0.15, 0.2) is 23.2 Å². The number of amides is 1. The van der Waals surface area contributed by atoms with Crippen molar-refractivity contribution in [2.75, 3.05) is 26.1 Å². The second-order valence-electron chi connectivity index (χ2n) is 6.47. The number of nitrogens with one attached hydrogen (secondary N) is 3. The molecule has 0 aliphatic heterocycles. The van der Waals surface area contributed by atoms with E-state index in [-0.39, 0.29) is 12.5 Å². The summed E-state index contributed by atoms with van der Waals surface area (Å²) in [5.41, 5.74) is 7.47. The molecule has 3 N–H and O–H groups in total. The maximum atomic E-state index is 12.4. The Labute approximate surface area is 176 Å². The zero-order valence-electron chi connectivity index (χ0n) is 17.3. The maximum absolute atomic E-state index is 12.4. The molecule has 0 spiro atoms. The van der Waals surface area contributed by atoms with Gasteiger partial charge in [-0.25, -0.2) is 0 Å². The Morgan fingerprint density at radius 3 is 2.45 bits per heavy atom. The second kappa shape index (κ2) is 10.4. The van der Waals surface area contributed by atoms with E-state index < -0.39 is 0 Å². The van der Waals surface area contributed by atoms with Gasteiger partial charge in [0.1, 0.15) is 0 Å². The molecule has 29 heavy (non-hydrogen) atoms. The third kappa shape index (κ3) is 6.46. The van der Waals surface area contributed by atoms with Gasteiger partial charge in [-0.3, -0.25) is 10.2 Å². The summed E-state index contributed by atoms with van der Waals surface area (Å²) in [6, 6.07) is 9.36. The molecule has 0 aliphatic carbocycles. The van der Waals surface area contributed by atoms with E-state index in [0.717, 1.165) is 27.9 Å². The van der Waals surface area contributed by atoms with Crippen molar-refractivity contribution in [1.29, 1.82) is 0 Å². The summed E-state index contributed by atoms with van der Waals surface area (Å²) >= 11 is 4.95. The third-order valence-corrected chi connectivity index (χ3v) is 4.39. The lowest BCUT2D eigenvalue weighted by Gasteiger charge is -2.14. The molecular weight excluding hydrogens is 388 g/mol. The van der Waals surface area contributed by atoms with Gasteiger partial charge in [-0.05, 0) is 67.9 Å². The average molecular weight is 415 g/mol. The highest BCUT2D eigenvalue weighted by molar-refractivity contribution is 7.80. The number of methoxy groups -OCH3 is 1. The van der Waals surface area contributed by atoms with Crippen LogP contribution < -0.4 is 25.5 Å². The zero-order chi connectivity index (χ0) is 21.4. The topological polar surface area (TPSA) is 84.0 Å². The minimum absolute atomic E-state index is 0.130. The third-order valence-electron chi connectivity index (χ3n) is 4.09. The number of nitrogens with zero attached hydrogens (tertiary/aromatic N) is 1. The fraction of sp³-hybridized carbons (Fsp3) is 0.286. The first kappa shape index (κ1) is 22.2. The molecule has 0 unspecified atom stereocenters. The number of benzene rings is 2. The number of hydrogen-bond donors (Lipinski definition) is 3. The Bertz CT molecular complexity index is 905. The van der Waals surface area contributed by atoms with Gasteiger partial charge in [-0.1, -0.05) is 17.7 Å². The van der Waals surface area contributed by atoms with E-state index in [9.17, 15) is 4.79 Å². The van der Waals surface area contributed by atoms with Gasteiger partial charge in [0, 0.05) is 12.7 Å². The predicted octanol–water partition coefficient (Wildman–Crippen LogP) is 3.07. The normalized spacial score (nSPS) is 10.5. The lowest BCUT2D eigenvalue weighted by Crippen LogP contribution is -2.28. The van der Waals surface area contributed by atoms with Crippen LogP contribution in [-0.4, -0.2) is 38.0 Å². The van der Waals surface area contributed by atoms with Gasteiger partial charge in [-0.2, -0.15) is 5.10 Å². The molecule has 2 aromatic rings. The molecule has 1 amide bonds. The van der Waals surface area contributed by atoms with E-state index in [1.807, 2.05) is 32.9 Å². The molecular formula is C21H26N4O3S. The number of aryl methyl sites for hydroxylation is 3. The number of thiocarbonyl (C=S) groups is 1. The minimum atomic E-state index is -0.238. The number of rotatable bonds is 7. The monoisotopic (exact) mass is 414 g/mol. The summed E-state index contributed by atoms with van der Waals surface area (Å²) in [4.78, 5) is 12.4. The van der Waals surface area contributed by atoms with Crippen LogP contribution in [0.15, 0.2) is 35.4 Å². The molecule has 0 heterocycles. The highest BCUT2D eigenvalue weighted by Gasteiger charge is 2.11. The Hall–Kier alpha value is -3.13. The predicted molar refractivity (Wildman–Crippen MR) is 120 cm³/mol. The van der Waals surface area contributed by atoms with Crippen LogP contribution in [0.1, 0.15) is 22.3 Å². The van der Waals surface area contributed by atoms with Crippen LogP contribution >= 0.6 is 12.2 Å². The first-order chi connectivity index (χ1) is 13.8. The molecule has 0 saturated carbocycles. The van der Waals surface area contributed by atoms with Gasteiger partial charge < -0.3 is 20.1 Å². The summed E-state index contributed by atoms with van der Waals surface area (Å²) in [6.07, 6.45) is 1.60. The smallest absolute Gasteiger partial charge is 0.262 e. The molecule has 8 heteroatoms. The number of hydrazone groups is 1. The van der Waals surface area contributed by atoms with Gasteiger partial charge in [0.2, 0.25) is 0 Å².